The highest BCUT2D eigenvalue weighted by atomic mass is 16.1. The van der Waals surface area contributed by atoms with Gasteiger partial charge in [0.05, 0.1) is 0 Å². The van der Waals surface area contributed by atoms with Crippen LogP contribution in [0.3, 0.4) is 0 Å². The van der Waals surface area contributed by atoms with Crippen LogP contribution in [0.2, 0.25) is 0 Å². The Morgan fingerprint density at radius 3 is 2.53 bits per heavy atom. The molecule has 3 nitrogen and oxygen atoms in total. The number of rotatable bonds is 3. The molecule has 0 spiro atoms. The van der Waals surface area contributed by atoms with Gasteiger partial charge in [-0.2, -0.15) is 0 Å². The predicted octanol–water partition coefficient (Wildman–Crippen LogP) is 1.18. The lowest BCUT2D eigenvalue weighted by Gasteiger charge is -2.37. The molecule has 0 amide bonds. The normalized spacial score (nSPS) is 28.9. The first-order valence-corrected chi connectivity index (χ1v) is 6.29. The van der Waals surface area contributed by atoms with Crippen molar-refractivity contribution in [1.29, 1.82) is 0 Å². The quantitative estimate of drug-likeness (QED) is 0.759. The zero-order chi connectivity index (χ0) is 10.7. The minimum atomic E-state index is 0.465. The summed E-state index contributed by atoms with van der Waals surface area (Å²) >= 11 is 0. The van der Waals surface area contributed by atoms with Gasteiger partial charge in [-0.05, 0) is 38.9 Å². The maximum absolute atomic E-state index is 11.3. The van der Waals surface area contributed by atoms with Gasteiger partial charge in [-0.3, -0.25) is 9.69 Å². The molecule has 1 saturated carbocycles. The Morgan fingerprint density at radius 1 is 1.27 bits per heavy atom. The molecule has 15 heavy (non-hydrogen) atoms. The van der Waals surface area contributed by atoms with E-state index in [0.29, 0.717) is 17.9 Å². The number of nitrogens with zero attached hydrogens (tertiary/aromatic N) is 1. The number of piperidine rings is 1. The van der Waals surface area contributed by atoms with E-state index in [4.69, 9.17) is 0 Å². The Labute approximate surface area is 92.2 Å². The fourth-order valence-corrected chi connectivity index (χ4v) is 3.03. The van der Waals surface area contributed by atoms with E-state index in [1.807, 2.05) is 0 Å². The van der Waals surface area contributed by atoms with Gasteiger partial charge in [0, 0.05) is 24.9 Å². The van der Waals surface area contributed by atoms with Crippen molar-refractivity contribution < 1.29 is 4.79 Å². The first-order valence-electron chi connectivity index (χ1n) is 6.29. The summed E-state index contributed by atoms with van der Waals surface area (Å²) in [7, 11) is 0. The van der Waals surface area contributed by atoms with Crippen molar-refractivity contribution >= 4 is 5.78 Å². The van der Waals surface area contributed by atoms with E-state index in [9.17, 15) is 4.79 Å². The fraction of sp³-hybridized carbons (Fsp3) is 0.917. The summed E-state index contributed by atoms with van der Waals surface area (Å²) in [6.07, 6.45) is 5.21. The Kier molecular flexibility index (Phi) is 3.76. The van der Waals surface area contributed by atoms with Crippen LogP contribution in [0.25, 0.3) is 0 Å². The Bertz CT molecular complexity index is 224. The van der Waals surface area contributed by atoms with Crippen LogP contribution >= 0.6 is 0 Å². The third-order valence-electron chi connectivity index (χ3n) is 3.83. The Morgan fingerprint density at radius 2 is 2.00 bits per heavy atom. The number of Topliss-reactive ketones (excluding diaryl/α,β-unsaturated/α-hetero) is 1. The number of ketones is 1. The van der Waals surface area contributed by atoms with Gasteiger partial charge in [0.2, 0.25) is 0 Å². The summed E-state index contributed by atoms with van der Waals surface area (Å²) in [4.78, 5) is 13.9. The van der Waals surface area contributed by atoms with Crippen LogP contribution in [0.1, 0.15) is 39.0 Å². The first-order chi connectivity index (χ1) is 7.31. The lowest BCUT2D eigenvalue weighted by atomic mass is 10.0. The molecule has 0 radical (unpaired) electrons. The highest BCUT2D eigenvalue weighted by Gasteiger charge is 2.31. The monoisotopic (exact) mass is 210 g/mol. The van der Waals surface area contributed by atoms with Crippen LogP contribution in [0, 0.1) is 0 Å². The van der Waals surface area contributed by atoms with Crippen LogP contribution in [-0.4, -0.2) is 42.4 Å². The molecular formula is C12H22N2O. The first kappa shape index (κ1) is 11.1. The van der Waals surface area contributed by atoms with Crippen molar-refractivity contribution in [3.8, 4) is 0 Å². The number of nitrogens with one attached hydrogen (secondary N) is 1. The van der Waals surface area contributed by atoms with Crippen molar-refractivity contribution in [2.24, 2.45) is 0 Å². The molecule has 0 aromatic carbocycles. The molecule has 1 N–H and O–H groups in total. The van der Waals surface area contributed by atoms with Crippen molar-refractivity contribution in [1.82, 2.24) is 10.2 Å². The zero-order valence-electron chi connectivity index (χ0n) is 9.67. The molecule has 1 heterocycles. The molecule has 1 unspecified atom stereocenters. The zero-order valence-corrected chi connectivity index (χ0v) is 9.67. The number of carbonyl (C=O) groups excluding carboxylic acids is 1. The van der Waals surface area contributed by atoms with Gasteiger partial charge in [-0.1, -0.05) is 6.92 Å². The molecular weight excluding hydrogens is 188 g/mol. The molecule has 2 aliphatic rings. The molecule has 0 bridgehead atoms. The molecule has 1 aliphatic heterocycles. The van der Waals surface area contributed by atoms with Crippen molar-refractivity contribution in [2.75, 3.05) is 19.6 Å². The Balaban J connectivity index is 1.93. The maximum atomic E-state index is 11.3. The van der Waals surface area contributed by atoms with E-state index in [1.54, 1.807) is 0 Å². The van der Waals surface area contributed by atoms with E-state index in [2.05, 4.69) is 17.1 Å². The van der Waals surface area contributed by atoms with E-state index >= 15 is 0 Å². The summed E-state index contributed by atoms with van der Waals surface area (Å²) < 4.78 is 0. The highest BCUT2D eigenvalue weighted by Crippen LogP contribution is 2.25. The van der Waals surface area contributed by atoms with Crippen LogP contribution in [-0.2, 0) is 4.79 Å². The number of carbonyl (C=O) groups is 1. The minimum Gasteiger partial charge on any atom is -0.317 e. The van der Waals surface area contributed by atoms with Crippen molar-refractivity contribution in [3.05, 3.63) is 0 Å². The summed E-state index contributed by atoms with van der Waals surface area (Å²) in [5.41, 5.74) is 0. The summed E-state index contributed by atoms with van der Waals surface area (Å²) in [6, 6.07) is 1.26. The predicted molar refractivity (Wildman–Crippen MR) is 60.9 cm³/mol. The largest absolute Gasteiger partial charge is 0.317 e. The fourth-order valence-electron chi connectivity index (χ4n) is 3.03. The molecule has 1 atom stereocenters. The second kappa shape index (κ2) is 5.08. The summed E-state index contributed by atoms with van der Waals surface area (Å²) in [5, 5.41) is 3.40. The lowest BCUT2D eigenvalue weighted by Crippen LogP contribution is -2.47. The maximum Gasteiger partial charge on any atom is 0.134 e. The van der Waals surface area contributed by atoms with Gasteiger partial charge in [-0.25, -0.2) is 0 Å². The standard InChI is InChI=1S/C12H22N2O/c1-2-14(10-5-7-13-8-6-10)11-3-4-12(15)9-11/h10-11,13H,2-9H2,1H3. The van der Waals surface area contributed by atoms with Crippen molar-refractivity contribution in [3.63, 3.8) is 0 Å². The second-order valence-corrected chi connectivity index (χ2v) is 4.75. The topological polar surface area (TPSA) is 32.3 Å². The number of hydrogen-bond donors (Lipinski definition) is 1. The average molecular weight is 210 g/mol. The van der Waals surface area contributed by atoms with Crippen LogP contribution in [0.4, 0.5) is 0 Å². The van der Waals surface area contributed by atoms with Gasteiger partial charge in [0.1, 0.15) is 5.78 Å². The molecule has 1 saturated heterocycles. The summed E-state index contributed by atoms with van der Waals surface area (Å²) in [5.74, 6) is 0.465. The van der Waals surface area contributed by atoms with Gasteiger partial charge >= 0.3 is 0 Å². The lowest BCUT2D eigenvalue weighted by molar-refractivity contribution is -0.117. The van der Waals surface area contributed by atoms with Crippen LogP contribution in [0.5, 0.6) is 0 Å². The van der Waals surface area contributed by atoms with Gasteiger partial charge in [-0.15, -0.1) is 0 Å². The molecule has 2 fully saturated rings. The van der Waals surface area contributed by atoms with E-state index < -0.39 is 0 Å². The molecule has 2 rings (SSSR count). The average Bonchev–Trinajstić information content (AvgIpc) is 2.68. The van der Waals surface area contributed by atoms with Gasteiger partial charge in [0.25, 0.3) is 0 Å². The molecule has 3 heteroatoms. The van der Waals surface area contributed by atoms with Crippen LogP contribution in [0.15, 0.2) is 0 Å². The smallest absolute Gasteiger partial charge is 0.134 e. The Hall–Kier alpha value is -0.410. The second-order valence-electron chi connectivity index (χ2n) is 4.75. The van der Waals surface area contributed by atoms with Gasteiger partial charge < -0.3 is 5.32 Å². The van der Waals surface area contributed by atoms with Crippen molar-refractivity contribution in [2.45, 2.75) is 51.1 Å². The molecule has 0 aromatic heterocycles. The minimum absolute atomic E-state index is 0.465. The van der Waals surface area contributed by atoms with Crippen LogP contribution < -0.4 is 5.32 Å². The number of hydrogen-bond acceptors (Lipinski definition) is 3. The molecule has 86 valence electrons. The SMILES string of the molecule is CCN(C1CCNCC1)C1CCC(=O)C1. The summed E-state index contributed by atoms with van der Waals surface area (Å²) in [6.45, 7) is 5.61. The van der Waals surface area contributed by atoms with E-state index in [0.717, 1.165) is 38.9 Å². The molecule has 1 aliphatic carbocycles. The van der Waals surface area contributed by atoms with Gasteiger partial charge in [0.15, 0.2) is 0 Å². The third-order valence-corrected chi connectivity index (χ3v) is 3.83. The third kappa shape index (κ3) is 2.58. The molecule has 0 aromatic rings. The highest BCUT2D eigenvalue weighted by molar-refractivity contribution is 5.81. The van der Waals surface area contributed by atoms with E-state index in [1.165, 1.54) is 12.8 Å². The van der Waals surface area contributed by atoms with E-state index in [-0.39, 0.29) is 0 Å².